The maximum Gasteiger partial charge on any atom is 0.334 e. The number of fused-ring (bicyclic) bond motifs is 8. The first-order valence-electron chi connectivity index (χ1n) is 26.5. The summed E-state index contributed by atoms with van der Waals surface area (Å²) in [5.74, 6) is -2.38. The highest BCUT2D eigenvalue weighted by molar-refractivity contribution is 5.99. The second-order valence-corrected chi connectivity index (χ2v) is 26.1. The quantitative estimate of drug-likeness (QED) is 0.146. The van der Waals surface area contributed by atoms with E-state index in [1.165, 1.54) is 38.2 Å². The van der Waals surface area contributed by atoms with Gasteiger partial charge < -0.3 is 59.8 Å². The molecule has 8 N–H and O–H groups in total. The van der Waals surface area contributed by atoms with Crippen LogP contribution in [0.5, 0.6) is 0 Å². The summed E-state index contributed by atoms with van der Waals surface area (Å²) >= 11 is 0. The molecule has 0 aromatic rings. The van der Waals surface area contributed by atoms with Gasteiger partial charge in [0, 0.05) is 34.8 Å². The molecule has 16 heteroatoms. The van der Waals surface area contributed by atoms with Gasteiger partial charge in [-0.1, -0.05) is 32.4 Å². The number of hydrogen-bond donors (Lipinski definition) is 8. The summed E-state index contributed by atoms with van der Waals surface area (Å²) in [6.07, 6.45) is 5.68. The van der Waals surface area contributed by atoms with Crippen molar-refractivity contribution in [1.82, 2.24) is 0 Å². The molecular weight excluding hydrogens is 941 g/mol. The smallest absolute Gasteiger partial charge is 0.334 e. The third-order valence-electron chi connectivity index (χ3n) is 24.2. The lowest BCUT2D eigenvalue weighted by Gasteiger charge is -2.63. The van der Waals surface area contributed by atoms with Crippen molar-refractivity contribution in [1.29, 1.82) is 0 Å². The molecule has 0 aromatic carbocycles. The zero-order valence-electron chi connectivity index (χ0n) is 43.4. The minimum Gasteiger partial charge on any atom is -0.455 e. The number of carbonyl (C=O) groups excluding carboxylic acids is 4. The zero-order valence-corrected chi connectivity index (χ0v) is 43.4. The lowest BCUT2D eigenvalue weighted by atomic mass is 9.42. The van der Waals surface area contributed by atoms with Crippen molar-refractivity contribution in [3.63, 3.8) is 0 Å². The minimum absolute atomic E-state index is 0. The van der Waals surface area contributed by atoms with Crippen LogP contribution in [0.25, 0.3) is 0 Å². The molecule has 6 unspecified atom stereocenters. The fraction of sp³-hybridized carbons (Fsp3) is 0.789. The fourth-order valence-corrected chi connectivity index (χ4v) is 18.8. The van der Waals surface area contributed by atoms with Crippen LogP contribution in [0.15, 0.2) is 46.6 Å². The van der Waals surface area contributed by atoms with Crippen molar-refractivity contribution in [2.45, 2.75) is 235 Å². The van der Waals surface area contributed by atoms with Crippen LogP contribution in [0.1, 0.15) is 154 Å². The van der Waals surface area contributed by atoms with Gasteiger partial charge in [0.1, 0.15) is 58.0 Å². The Bertz CT molecular complexity index is 2420. The van der Waals surface area contributed by atoms with Gasteiger partial charge >= 0.3 is 11.9 Å². The molecule has 0 amide bonds. The number of aliphatic hydroxyl groups is 8. The number of ether oxygens (including phenoxy) is 4. The fourth-order valence-electron chi connectivity index (χ4n) is 18.8. The number of rotatable bonds is 4. The van der Waals surface area contributed by atoms with Crippen molar-refractivity contribution < 1.29 is 79.0 Å². The average Bonchev–Trinajstić information content (AvgIpc) is 4.22. The summed E-state index contributed by atoms with van der Waals surface area (Å²) in [7, 11) is 0. The molecule has 8 fully saturated rings. The Morgan fingerprint density at radius 3 is 1.22 bits per heavy atom. The van der Waals surface area contributed by atoms with Gasteiger partial charge in [-0.15, -0.1) is 0 Å². The summed E-state index contributed by atoms with van der Waals surface area (Å²) in [4.78, 5) is 51.6. The largest absolute Gasteiger partial charge is 0.455 e. The SMILES string of the molecule is C.CC1=C(C)C(=O)OC([C@](C)(O)[C@]2(O)CC[C@@]3(O)C4C[C@H]5O[C@]56[C@@H](O)C=CC(=O)[C@]6(C)C4CC[C@]23C)C1.CC1=C(C)C(=O)OC([C@](C)(O)[C@]2(O)CC[C@@]3(O)C4C[C@H]5O[C@]56[C@H](O)C=CC(=O)[C@]6(C)C4CC[C@]23C)C1. The van der Waals surface area contributed by atoms with E-state index in [4.69, 9.17) is 18.9 Å². The van der Waals surface area contributed by atoms with E-state index in [0.717, 1.165) is 11.1 Å². The average molecular weight is 1020 g/mol. The van der Waals surface area contributed by atoms with Gasteiger partial charge in [-0.05, 0) is 168 Å². The lowest BCUT2D eigenvalue weighted by molar-refractivity contribution is -0.283. The maximum atomic E-state index is 13.3. The number of hydrogen-bond acceptors (Lipinski definition) is 16. The van der Waals surface area contributed by atoms with E-state index in [1.807, 2.05) is 41.5 Å². The number of carbonyl (C=O) groups is 4. The summed E-state index contributed by atoms with van der Waals surface area (Å²) in [6, 6.07) is 0. The Morgan fingerprint density at radius 2 is 0.890 bits per heavy atom. The Balaban J connectivity index is 0.000000165. The summed E-state index contributed by atoms with van der Waals surface area (Å²) < 4.78 is 23.5. The van der Waals surface area contributed by atoms with E-state index in [2.05, 4.69) is 0 Å². The molecule has 73 heavy (non-hydrogen) atoms. The summed E-state index contributed by atoms with van der Waals surface area (Å²) in [6.45, 7) is 17.5. The summed E-state index contributed by atoms with van der Waals surface area (Å²) in [5, 5.41) is 95.1. The first kappa shape index (κ1) is 53.2. The van der Waals surface area contributed by atoms with Crippen LogP contribution in [0.2, 0.25) is 0 Å². The topological polar surface area (TPSA) is 274 Å². The second-order valence-electron chi connectivity index (χ2n) is 26.1. The Morgan fingerprint density at radius 1 is 0.548 bits per heavy atom. The first-order valence-corrected chi connectivity index (χ1v) is 26.5. The maximum absolute atomic E-state index is 13.3. The van der Waals surface area contributed by atoms with Crippen LogP contribution in [0, 0.1) is 45.3 Å². The van der Waals surface area contributed by atoms with Gasteiger partial charge in [-0.3, -0.25) is 9.59 Å². The van der Waals surface area contributed by atoms with Gasteiger partial charge in [-0.2, -0.15) is 0 Å². The molecule has 12 rings (SSSR count). The van der Waals surface area contributed by atoms with Crippen LogP contribution >= 0.6 is 0 Å². The Hall–Kier alpha value is -3.16. The van der Waals surface area contributed by atoms with Crippen LogP contribution in [0.4, 0.5) is 0 Å². The summed E-state index contributed by atoms with van der Waals surface area (Å²) in [5.41, 5.74) is -13.3. The monoisotopic (exact) mass is 1020 g/mol. The van der Waals surface area contributed by atoms with Gasteiger partial charge in [0.05, 0.1) is 34.2 Å². The van der Waals surface area contributed by atoms with Crippen molar-refractivity contribution >= 4 is 23.5 Å². The Kier molecular flexibility index (Phi) is 11.3. The van der Waals surface area contributed by atoms with Crippen LogP contribution in [-0.4, -0.2) is 146 Å². The molecule has 6 saturated carbocycles. The number of esters is 2. The van der Waals surface area contributed by atoms with E-state index in [9.17, 15) is 60.0 Å². The van der Waals surface area contributed by atoms with Crippen LogP contribution in [-0.2, 0) is 38.1 Å². The van der Waals surface area contributed by atoms with Crippen molar-refractivity contribution in [2.75, 3.05) is 0 Å². The molecule has 8 aliphatic carbocycles. The van der Waals surface area contributed by atoms with E-state index < -0.39 is 103 Å². The molecule has 12 aliphatic rings. The Labute approximate surface area is 428 Å². The van der Waals surface area contributed by atoms with Gasteiger partial charge in [-0.25, -0.2) is 9.59 Å². The molecular formula is C57H80O16. The number of cyclic esters (lactones) is 2. The minimum atomic E-state index is -1.81. The number of epoxide rings is 2. The third kappa shape index (κ3) is 5.77. The molecule has 0 aromatic heterocycles. The lowest BCUT2D eigenvalue weighted by Crippen LogP contribution is -2.73. The number of allylic oxidation sites excluding steroid dienone is 2. The molecule has 0 bridgehead atoms. The third-order valence-corrected chi connectivity index (χ3v) is 24.2. The highest BCUT2D eigenvalue weighted by atomic mass is 16.6. The molecule has 16 nitrogen and oxygen atoms in total. The van der Waals surface area contributed by atoms with Crippen molar-refractivity contribution in [2.24, 2.45) is 45.3 Å². The number of ketones is 2. The predicted octanol–water partition coefficient (Wildman–Crippen LogP) is 4.09. The van der Waals surface area contributed by atoms with E-state index in [0.29, 0.717) is 62.5 Å². The highest BCUT2D eigenvalue weighted by Gasteiger charge is 2.86. The normalized spacial score (nSPS) is 54.4. The van der Waals surface area contributed by atoms with Gasteiger partial charge in [0.25, 0.3) is 0 Å². The van der Waals surface area contributed by atoms with E-state index in [-0.39, 0.29) is 80.6 Å². The first-order chi connectivity index (χ1) is 33.2. The van der Waals surface area contributed by atoms with E-state index in [1.54, 1.807) is 13.8 Å². The van der Waals surface area contributed by atoms with Crippen molar-refractivity contribution in [3.05, 3.63) is 46.6 Å². The van der Waals surface area contributed by atoms with Crippen LogP contribution < -0.4 is 0 Å². The molecule has 4 heterocycles. The molecule has 4 aliphatic heterocycles. The second kappa shape index (κ2) is 15.5. The molecule has 2 spiro atoms. The number of aliphatic hydroxyl groups excluding tert-OH is 2. The van der Waals surface area contributed by atoms with Gasteiger partial charge in [0.15, 0.2) is 11.6 Å². The van der Waals surface area contributed by atoms with Gasteiger partial charge in [0.2, 0.25) is 0 Å². The standard InChI is InChI=1S/2C28H38O8.CH4/c2*1-14-12-20(35-22(31)15(14)2)25(5,32)27(34)11-10-26(33)17-13-21-28(36-21)19(30)7-6-18(29)24(28,4)16(17)8-9-23(26,27)3;/h2*6-7,16-17,19-21,30,32-34H,8-13H2,1-5H3;1H4/t16?,17?,19-,20?,21+,23-,24-,25-,26+,27-,28+;16?,17?,19-,20?,21-,23+,24+,25+,26-,27+,28-;/m01./s1. The van der Waals surface area contributed by atoms with Crippen LogP contribution in [0.3, 0.4) is 0 Å². The van der Waals surface area contributed by atoms with Crippen molar-refractivity contribution in [3.8, 4) is 0 Å². The molecule has 22 atom stereocenters. The zero-order chi connectivity index (χ0) is 52.5. The predicted molar refractivity (Wildman–Crippen MR) is 262 cm³/mol. The molecule has 0 radical (unpaired) electrons. The highest BCUT2D eigenvalue weighted by Crippen LogP contribution is 2.77. The molecule has 404 valence electrons. The van der Waals surface area contributed by atoms with E-state index >= 15 is 0 Å². The molecule has 2 saturated heterocycles.